The lowest BCUT2D eigenvalue weighted by Crippen LogP contribution is -2.47. The summed E-state index contributed by atoms with van der Waals surface area (Å²) in [7, 11) is 1.81. The van der Waals surface area contributed by atoms with E-state index in [0.29, 0.717) is 17.4 Å². The van der Waals surface area contributed by atoms with Gasteiger partial charge in [0.15, 0.2) is 0 Å². The van der Waals surface area contributed by atoms with Crippen LogP contribution in [0.4, 0.5) is 0 Å². The quantitative estimate of drug-likeness (QED) is 0.839. The maximum Gasteiger partial charge on any atom is 0.0733 e. The van der Waals surface area contributed by atoms with E-state index in [1.165, 1.54) is 11.1 Å². The van der Waals surface area contributed by atoms with Crippen molar-refractivity contribution in [2.24, 2.45) is 11.3 Å². The molecule has 24 heavy (non-hydrogen) atoms. The molecular weight excluding hydrogens is 322 g/mol. The molecule has 3 nitrogen and oxygen atoms in total. The van der Waals surface area contributed by atoms with Crippen molar-refractivity contribution in [3.8, 4) is 0 Å². The normalized spacial score (nSPS) is 30.4. The van der Waals surface area contributed by atoms with Gasteiger partial charge in [0.05, 0.1) is 18.2 Å². The molecule has 0 amide bonds. The monoisotopic (exact) mass is 351 g/mol. The van der Waals surface area contributed by atoms with Crippen LogP contribution in [0.3, 0.4) is 0 Å². The fourth-order valence-electron chi connectivity index (χ4n) is 4.04. The highest BCUT2D eigenvalue weighted by atomic mass is 35.5. The van der Waals surface area contributed by atoms with E-state index in [1.54, 1.807) is 0 Å². The number of methoxy groups -OCH3 is 1. The predicted octanol–water partition coefficient (Wildman–Crippen LogP) is 4.86. The summed E-state index contributed by atoms with van der Waals surface area (Å²) in [5, 5.41) is 0.882. The number of hydroxylamine groups is 1. The van der Waals surface area contributed by atoms with E-state index in [2.05, 4.69) is 44.5 Å². The summed E-state index contributed by atoms with van der Waals surface area (Å²) < 4.78 is 5.58. The Morgan fingerprint density at radius 3 is 2.83 bits per heavy atom. The molecule has 0 radical (unpaired) electrons. The van der Waals surface area contributed by atoms with E-state index >= 15 is 0 Å². The van der Waals surface area contributed by atoms with Gasteiger partial charge in [0.2, 0.25) is 0 Å². The van der Waals surface area contributed by atoms with Gasteiger partial charge in [-0.05, 0) is 54.7 Å². The molecule has 0 bridgehead atoms. The molecule has 1 saturated heterocycles. The van der Waals surface area contributed by atoms with Crippen LogP contribution in [0, 0.1) is 11.3 Å². The third-order valence-corrected chi connectivity index (χ3v) is 6.04. The van der Waals surface area contributed by atoms with E-state index in [-0.39, 0.29) is 5.54 Å². The maximum atomic E-state index is 6.63. The minimum absolute atomic E-state index is 0.110. The van der Waals surface area contributed by atoms with Gasteiger partial charge in [0.1, 0.15) is 0 Å². The number of ether oxygens (including phenoxy) is 1. The molecule has 2 fully saturated rings. The van der Waals surface area contributed by atoms with E-state index in [4.69, 9.17) is 21.2 Å². The predicted molar refractivity (Wildman–Crippen MR) is 98.1 cm³/mol. The average Bonchev–Trinajstić information content (AvgIpc) is 2.96. The number of hydrogen-bond donors (Lipinski definition) is 1. The van der Waals surface area contributed by atoms with Crippen LogP contribution >= 0.6 is 11.6 Å². The second-order valence-electron chi connectivity index (χ2n) is 8.58. The zero-order valence-electron chi connectivity index (χ0n) is 15.3. The third-order valence-electron chi connectivity index (χ3n) is 5.69. The van der Waals surface area contributed by atoms with Gasteiger partial charge in [-0.25, -0.2) is 0 Å². The highest BCUT2D eigenvalue weighted by Crippen LogP contribution is 2.46. The number of halogens is 1. The summed E-state index contributed by atoms with van der Waals surface area (Å²) in [5.74, 6) is 0.438. The van der Waals surface area contributed by atoms with Gasteiger partial charge in [0, 0.05) is 18.1 Å². The van der Waals surface area contributed by atoms with Crippen molar-refractivity contribution < 1.29 is 9.57 Å². The largest absolute Gasteiger partial charge is 0.381 e. The number of benzene rings is 1. The number of hydrogen-bond acceptors (Lipinski definition) is 3. The van der Waals surface area contributed by atoms with Gasteiger partial charge in [-0.1, -0.05) is 44.5 Å². The standard InChI is InChI=1S/C20H30ClNO2/c1-19(2,3)9-7-14-5-6-15(12-18(14)21)20-10-8-17(23-4)11-16(20)13-24-22-20/h5-6,12,16-17,22H,7-11,13H2,1-4H3. The van der Waals surface area contributed by atoms with E-state index in [0.717, 1.165) is 43.7 Å². The summed E-state index contributed by atoms with van der Waals surface area (Å²) in [6.45, 7) is 7.55. The summed E-state index contributed by atoms with van der Waals surface area (Å²) in [4.78, 5) is 5.66. The molecule has 1 aromatic rings. The van der Waals surface area contributed by atoms with Crippen LogP contribution in [-0.2, 0) is 21.5 Å². The molecule has 1 heterocycles. The molecule has 134 valence electrons. The minimum atomic E-state index is -0.110. The zero-order valence-corrected chi connectivity index (χ0v) is 16.1. The van der Waals surface area contributed by atoms with Gasteiger partial charge >= 0.3 is 0 Å². The van der Waals surface area contributed by atoms with Crippen LogP contribution in [0.25, 0.3) is 0 Å². The Balaban J connectivity index is 1.80. The van der Waals surface area contributed by atoms with Crippen molar-refractivity contribution in [1.29, 1.82) is 0 Å². The van der Waals surface area contributed by atoms with Crippen molar-refractivity contribution in [2.45, 2.75) is 64.5 Å². The molecular formula is C20H30ClNO2. The Morgan fingerprint density at radius 2 is 2.17 bits per heavy atom. The second kappa shape index (κ2) is 6.95. The van der Waals surface area contributed by atoms with Crippen molar-refractivity contribution in [3.05, 3.63) is 34.3 Å². The van der Waals surface area contributed by atoms with E-state index in [1.807, 2.05) is 7.11 Å². The van der Waals surface area contributed by atoms with Crippen LogP contribution in [0.1, 0.15) is 57.6 Å². The lowest BCUT2D eigenvalue weighted by molar-refractivity contribution is 0.0139. The van der Waals surface area contributed by atoms with Crippen molar-refractivity contribution in [1.82, 2.24) is 5.48 Å². The van der Waals surface area contributed by atoms with Crippen LogP contribution in [0.2, 0.25) is 5.02 Å². The van der Waals surface area contributed by atoms with Crippen molar-refractivity contribution in [3.63, 3.8) is 0 Å². The van der Waals surface area contributed by atoms with E-state index in [9.17, 15) is 0 Å². The molecule has 1 saturated carbocycles. The number of aryl methyl sites for hydroxylation is 1. The molecule has 4 heteroatoms. The van der Waals surface area contributed by atoms with Crippen LogP contribution in [0.15, 0.2) is 18.2 Å². The lowest BCUT2D eigenvalue weighted by Gasteiger charge is -2.41. The highest BCUT2D eigenvalue weighted by molar-refractivity contribution is 6.31. The van der Waals surface area contributed by atoms with Gasteiger partial charge in [-0.2, -0.15) is 5.48 Å². The van der Waals surface area contributed by atoms with Crippen LogP contribution in [0.5, 0.6) is 0 Å². The molecule has 1 aliphatic heterocycles. The summed E-state index contributed by atoms with van der Waals surface area (Å²) in [6.07, 6.45) is 5.60. The molecule has 0 spiro atoms. The Hall–Kier alpha value is -0.610. The average molecular weight is 352 g/mol. The Bertz CT molecular complexity index is 583. The number of nitrogens with one attached hydrogen (secondary N) is 1. The zero-order chi connectivity index (χ0) is 17.4. The number of rotatable bonds is 4. The highest BCUT2D eigenvalue weighted by Gasteiger charge is 2.49. The van der Waals surface area contributed by atoms with Gasteiger partial charge in [-0.3, -0.25) is 0 Å². The topological polar surface area (TPSA) is 30.5 Å². The van der Waals surface area contributed by atoms with Crippen LogP contribution in [-0.4, -0.2) is 19.8 Å². The van der Waals surface area contributed by atoms with Crippen molar-refractivity contribution in [2.75, 3.05) is 13.7 Å². The number of fused-ring (bicyclic) bond motifs is 1. The molecule has 0 aromatic heterocycles. The third kappa shape index (κ3) is 3.65. The minimum Gasteiger partial charge on any atom is -0.381 e. The summed E-state index contributed by atoms with van der Waals surface area (Å²) in [5.41, 5.74) is 6.03. The van der Waals surface area contributed by atoms with Gasteiger partial charge < -0.3 is 9.57 Å². The first-order chi connectivity index (χ1) is 11.3. The Labute approximate surface area is 151 Å². The lowest BCUT2D eigenvalue weighted by atomic mass is 9.69. The SMILES string of the molecule is COC1CCC2(c3ccc(CCC(C)(C)C)c(Cl)c3)NOCC2C1. The van der Waals surface area contributed by atoms with Crippen LogP contribution < -0.4 is 5.48 Å². The molecule has 3 atom stereocenters. The second-order valence-corrected chi connectivity index (χ2v) is 8.99. The molecule has 3 rings (SSSR count). The van der Waals surface area contributed by atoms with Gasteiger partial charge in [0.25, 0.3) is 0 Å². The first-order valence-corrected chi connectivity index (χ1v) is 9.42. The summed E-state index contributed by atoms with van der Waals surface area (Å²) >= 11 is 6.63. The van der Waals surface area contributed by atoms with E-state index < -0.39 is 0 Å². The molecule has 1 aromatic carbocycles. The summed E-state index contributed by atoms with van der Waals surface area (Å²) in [6, 6.07) is 6.60. The molecule has 3 unspecified atom stereocenters. The maximum absolute atomic E-state index is 6.63. The first kappa shape index (κ1) is 18.2. The Kier molecular flexibility index (Phi) is 5.27. The smallest absolute Gasteiger partial charge is 0.0733 e. The Morgan fingerprint density at radius 1 is 1.38 bits per heavy atom. The molecule has 2 aliphatic rings. The van der Waals surface area contributed by atoms with Gasteiger partial charge in [-0.15, -0.1) is 0 Å². The molecule has 1 N–H and O–H groups in total. The molecule has 1 aliphatic carbocycles. The fraction of sp³-hybridized carbons (Fsp3) is 0.700. The van der Waals surface area contributed by atoms with Crippen molar-refractivity contribution >= 4 is 11.6 Å². The first-order valence-electron chi connectivity index (χ1n) is 9.05. The fourth-order valence-corrected chi connectivity index (χ4v) is 4.31.